The molecular formula is C19H15NO6. The van der Waals surface area contributed by atoms with Crippen molar-refractivity contribution in [1.29, 1.82) is 0 Å². The van der Waals surface area contributed by atoms with Crippen LogP contribution in [-0.4, -0.2) is 23.3 Å². The zero-order valence-corrected chi connectivity index (χ0v) is 13.9. The summed E-state index contributed by atoms with van der Waals surface area (Å²) in [4.78, 5) is 12.9. The lowest BCUT2D eigenvalue weighted by molar-refractivity contribution is 0.173. The maximum Gasteiger partial charge on any atom is 0.258 e. The van der Waals surface area contributed by atoms with Gasteiger partial charge in [-0.25, -0.2) is 0 Å². The van der Waals surface area contributed by atoms with Crippen LogP contribution >= 0.6 is 0 Å². The highest BCUT2D eigenvalue weighted by molar-refractivity contribution is 5.89. The number of ether oxygens (including phenoxy) is 4. The van der Waals surface area contributed by atoms with E-state index in [2.05, 4.69) is 0 Å². The molecule has 7 nitrogen and oxygen atoms in total. The SMILES string of the molecule is Cn1c(-c2cc3c(cc2CO)OCO3)cc2cc3c(cc2c1=O)OCO3. The number of nitrogens with zero attached hydrogens (tertiary/aromatic N) is 1. The summed E-state index contributed by atoms with van der Waals surface area (Å²) in [7, 11) is 1.70. The van der Waals surface area contributed by atoms with Crippen molar-refractivity contribution in [3.63, 3.8) is 0 Å². The summed E-state index contributed by atoms with van der Waals surface area (Å²) in [6, 6.07) is 8.94. The molecule has 0 fully saturated rings. The van der Waals surface area contributed by atoms with Crippen molar-refractivity contribution in [2.45, 2.75) is 6.61 Å². The van der Waals surface area contributed by atoms with E-state index in [-0.39, 0.29) is 25.8 Å². The third-order valence-electron chi connectivity index (χ3n) is 4.78. The van der Waals surface area contributed by atoms with Gasteiger partial charge in [0.05, 0.1) is 17.7 Å². The number of aromatic nitrogens is 1. The van der Waals surface area contributed by atoms with Crippen molar-refractivity contribution in [2.24, 2.45) is 7.05 Å². The monoisotopic (exact) mass is 353 g/mol. The molecule has 0 radical (unpaired) electrons. The molecule has 0 spiro atoms. The lowest BCUT2D eigenvalue weighted by Gasteiger charge is -2.14. The van der Waals surface area contributed by atoms with E-state index in [1.165, 1.54) is 0 Å². The summed E-state index contributed by atoms with van der Waals surface area (Å²) >= 11 is 0. The molecule has 1 aromatic heterocycles. The van der Waals surface area contributed by atoms with Gasteiger partial charge >= 0.3 is 0 Å². The molecule has 0 unspecified atom stereocenters. The number of benzene rings is 2. The number of hydrogen-bond acceptors (Lipinski definition) is 6. The first-order valence-corrected chi connectivity index (χ1v) is 8.13. The van der Waals surface area contributed by atoms with Gasteiger partial charge in [-0.1, -0.05) is 0 Å². The Kier molecular flexibility index (Phi) is 3.14. The van der Waals surface area contributed by atoms with E-state index in [9.17, 15) is 9.90 Å². The smallest absolute Gasteiger partial charge is 0.258 e. The first kappa shape index (κ1) is 15.1. The molecule has 132 valence electrons. The van der Waals surface area contributed by atoms with Crippen molar-refractivity contribution >= 4 is 10.8 Å². The van der Waals surface area contributed by atoms with Gasteiger partial charge in [0.2, 0.25) is 13.6 Å². The predicted octanol–water partition coefficient (Wildman–Crippen LogP) is 2.16. The molecule has 2 aliphatic rings. The van der Waals surface area contributed by atoms with Crippen LogP contribution < -0.4 is 24.5 Å². The van der Waals surface area contributed by atoms with Crippen LogP contribution in [-0.2, 0) is 13.7 Å². The Morgan fingerprint density at radius 2 is 1.54 bits per heavy atom. The fourth-order valence-electron chi connectivity index (χ4n) is 3.41. The van der Waals surface area contributed by atoms with E-state index in [1.54, 1.807) is 35.9 Å². The zero-order valence-electron chi connectivity index (χ0n) is 13.9. The first-order chi connectivity index (χ1) is 12.7. The molecule has 2 aliphatic heterocycles. The molecule has 1 N–H and O–H groups in total. The molecular weight excluding hydrogens is 338 g/mol. The van der Waals surface area contributed by atoms with Crippen LogP contribution in [0.15, 0.2) is 35.1 Å². The summed E-state index contributed by atoms with van der Waals surface area (Å²) < 4.78 is 23.2. The van der Waals surface area contributed by atoms with Crippen molar-refractivity contribution in [2.75, 3.05) is 13.6 Å². The first-order valence-electron chi connectivity index (χ1n) is 8.13. The van der Waals surface area contributed by atoms with Gasteiger partial charge in [0.15, 0.2) is 23.0 Å². The van der Waals surface area contributed by atoms with Crippen molar-refractivity contribution in [3.8, 4) is 34.3 Å². The highest BCUT2D eigenvalue weighted by Crippen LogP contribution is 2.40. The van der Waals surface area contributed by atoms with Crippen molar-refractivity contribution in [1.82, 2.24) is 4.57 Å². The minimum absolute atomic E-state index is 0.143. The largest absolute Gasteiger partial charge is 0.454 e. The minimum atomic E-state index is -0.181. The van der Waals surface area contributed by atoms with E-state index < -0.39 is 0 Å². The second-order valence-electron chi connectivity index (χ2n) is 6.21. The Hall–Kier alpha value is -3.19. The summed E-state index contributed by atoms with van der Waals surface area (Å²) in [5.74, 6) is 2.37. The third kappa shape index (κ3) is 2.07. The maximum atomic E-state index is 12.9. The van der Waals surface area contributed by atoms with E-state index in [0.717, 1.165) is 10.9 Å². The van der Waals surface area contributed by atoms with Gasteiger partial charge in [-0.2, -0.15) is 0 Å². The second-order valence-corrected chi connectivity index (χ2v) is 6.21. The maximum absolute atomic E-state index is 12.9. The van der Waals surface area contributed by atoms with Gasteiger partial charge in [0.1, 0.15) is 0 Å². The van der Waals surface area contributed by atoms with E-state index >= 15 is 0 Å². The number of pyridine rings is 1. The predicted molar refractivity (Wildman–Crippen MR) is 92.8 cm³/mol. The van der Waals surface area contributed by atoms with Gasteiger partial charge in [-0.05, 0) is 41.3 Å². The van der Waals surface area contributed by atoms with Crippen LogP contribution in [0.4, 0.5) is 0 Å². The Balaban J connectivity index is 1.79. The fourth-order valence-corrected chi connectivity index (χ4v) is 3.41. The Morgan fingerprint density at radius 3 is 2.23 bits per heavy atom. The fraction of sp³-hybridized carbons (Fsp3) is 0.211. The van der Waals surface area contributed by atoms with E-state index in [0.29, 0.717) is 39.6 Å². The molecule has 3 aromatic rings. The average Bonchev–Trinajstić information content (AvgIpc) is 3.30. The third-order valence-corrected chi connectivity index (χ3v) is 4.78. The van der Waals surface area contributed by atoms with Crippen LogP contribution in [0.1, 0.15) is 5.56 Å². The van der Waals surface area contributed by atoms with E-state index in [4.69, 9.17) is 18.9 Å². The van der Waals surface area contributed by atoms with Gasteiger partial charge in [-0.15, -0.1) is 0 Å². The molecule has 0 aliphatic carbocycles. The van der Waals surface area contributed by atoms with Gasteiger partial charge in [0, 0.05) is 12.6 Å². The molecule has 0 amide bonds. The summed E-state index contributed by atoms with van der Waals surface area (Å²) in [5.41, 5.74) is 1.89. The standard InChI is InChI=1S/C19H15NO6/c1-20-14(12-5-17-16(24-9-25-17)4-11(12)7-21)2-10-3-15-18(26-8-23-15)6-13(10)19(20)22/h2-6,21H,7-9H2,1H3. The van der Waals surface area contributed by atoms with Crippen LogP contribution in [0.3, 0.4) is 0 Å². The Bertz CT molecular complexity index is 1120. The highest BCUT2D eigenvalue weighted by atomic mass is 16.7. The average molecular weight is 353 g/mol. The lowest BCUT2D eigenvalue weighted by atomic mass is 10.0. The normalized spacial score (nSPS) is 14.2. The highest BCUT2D eigenvalue weighted by Gasteiger charge is 2.21. The van der Waals surface area contributed by atoms with Crippen LogP contribution in [0.5, 0.6) is 23.0 Å². The molecule has 7 heteroatoms. The zero-order chi connectivity index (χ0) is 17.8. The van der Waals surface area contributed by atoms with Crippen LogP contribution in [0.2, 0.25) is 0 Å². The quantitative estimate of drug-likeness (QED) is 0.761. The molecule has 5 rings (SSSR count). The minimum Gasteiger partial charge on any atom is -0.454 e. The van der Waals surface area contributed by atoms with Gasteiger partial charge < -0.3 is 28.6 Å². The Labute approximate surface area is 147 Å². The van der Waals surface area contributed by atoms with E-state index in [1.807, 2.05) is 6.07 Å². The second kappa shape index (κ2) is 5.40. The molecule has 0 bridgehead atoms. The molecule has 2 aromatic carbocycles. The van der Waals surface area contributed by atoms with Gasteiger partial charge in [-0.3, -0.25) is 4.79 Å². The number of fused-ring (bicyclic) bond motifs is 3. The summed E-state index contributed by atoms with van der Waals surface area (Å²) in [6.07, 6.45) is 0. The number of rotatable bonds is 2. The van der Waals surface area contributed by atoms with Gasteiger partial charge in [0.25, 0.3) is 5.56 Å². The summed E-state index contributed by atoms with van der Waals surface area (Å²) in [5, 5.41) is 11.1. The lowest BCUT2D eigenvalue weighted by Crippen LogP contribution is -2.19. The van der Waals surface area contributed by atoms with Crippen LogP contribution in [0.25, 0.3) is 22.0 Å². The number of aliphatic hydroxyl groups excluding tert-OH is 1. The molecule has 0 saturated heterocycles. The molecule has 3 heterocycles. The molecule has 0 saturated carbocycles. The van der Waals surface area contributed by atoms with Crippen LogP contribution in [0, 0.1) is 0 Å². The number of hydrogen-bond donors (Lipinski definition) is 1. The van der Waals surface area contributed by atoms with Crippen molar-refractivity contribution in [3.05, 3.63) is 46.2 Å². The molecule has 0 atom stereocenters. The summed E-state index contributed by atoms with van der Waals surface area (Å²) in [6.45, 7) is 0.110. The number of aliphatic hydroxyl groups is 1. The topological polar surface area (TPSA) is 79.2 Å². The Morgan fingerprint density at radius 1 is 0.923 bits per heavy atom. The molecule has 26 heavy (non-hydrogen) atoms. The van der Waals surface area contributed by atoms with Crippen molar-refractivity contribution < 1.29 is 24.1 Å².